The molecule has 1 unspecified atom stereocenters. The summed E-state index contributed by atoms with van der Waals surface area (Å²) < 4.78 is 0. The molecule has 2 aromatic rings. The lowest BCUT2D eigenvalue weighted by Gasteiger charge is -2.14. The minimum Gasteiger partial charge on any atom is -0.387 e. The van der Waals surface area contributed by atoms with E-state index in [0.717, 1.165) is 0 Å². The average Bonchev–Trinajstić information content (AvgIpc) is 2.46. The first-order valence-electron chi connectivity index (χ1n) is 6.08. The number of nitrogens with zero attached hydrogens (tertiary/aromatic N) is 1. The van der Waals surface area contributed by atoms with Gasteiger partial charge in [0.15, 0.2) is 0 Å². The van der Waals surface area contributed by atoms with Gasteiger partial charge in [-0.1, -0.05) is 23.2 Å². The van der Waals surface area contributed by atoms with Crippen LogP contribution in [0.3, 0.4) is 0 Å². The Morgan fingerprint density at radius 2 is 1.86 bits per heavy atom. The maximum atomic E-state index is 10.6. The van der Waals surface area contributed by atoms with Crippen LogP contribution in [0.15, 0.2) is 42.5 Å². The van der Waals surface area contributed by atoms with Crippen LogP contribution in [0.25, 0.3) is 0 Å². The topological polar surface area (TPSA) is 75.4 Å². The zero-order valence-electron chi connectivity index (χ0n) is 10.8. The van der Waals surface area contributed by atoms with Gasteiger partial charge in [0.25, 0.3) is 5.69 Å². The first kappa shape index (κ1) is 15.6. The summed E-state index contributed by atoms with van der Waals surface area (Å²) >= 11 is 11.8. The lowest BCUT2D eigenvalue weighted by Crippen LogP contribution is -2.12. The third-order valence-electron chi connectivity index (χ3n) is 2.91. The summed E-state index contributed by atoms with van der Waals surface area (Å²) in [7, 11) is 0. The Kier molecular flexibility index (Phi) is 5.01. The van der Waals surface area contributed by atoms with Crippen molar-refractivity contribution < 1.29 is 10.0 Å². The van der Waals surface area contributed by atoms with Crippen LogP contribution in [-0.4, -0.2) is 16.6 Å². The number of hydrogen-bond acceptors (Lipinski definition) is 4. The standard InChI is InChI=1S/C14H12Cl2N2O3/c15-10-3-6-13(12(16)7-10)17-8-14(19)9-1-4-11(5-2-9)18(20)21/h1-7,14,17,19H,8H2. The minimum atomic E-state index is -0.808. The van der Waals surface area contributed by atoms with Gasteiger partial charge in [-0.3, -0.25) is 10.1 Å². The third-order valence-corrected chi connectivity index (χ3v) is 3.45. The van der Waals surface area contributed by atoms with Gasteiger partial charge < -0.3 is 10.4 Å². The maximum absolute atomic E-state index is 10.6. The normalized spacial score (nSPS) is 12.0. The van der Waals surface area contributed by atoms with Crippen molar-refractivity contribution in [2.45, 2.75) is 6.10 Å². The van der Waals surface area contributed by atoms with Gasteiger partial charge in [0.2, 0.25) is 0 Å². The lowest BCUT2D eigenvalue weighted by molar-refractivity contribution is -0.384. The van der Waals surface area contributed by atoms with E-state index in [2.05, 4.69) is 5.32 Å². The summed E-state index contributed by atoms with van der Waals surface area (Å²) in [5.74, 6) is 0. The van der Waals surface area contributed by atoms with Crippen LogP contribution in [0.2, 0.25) is 10.0 Å². The number of nitro benzene ring substituents is 1. The van der Waals surface area contributed by atoms with Gasteiger partial charge in [-0.05, 0) is 35.9 Å². The van der Waals surface area contributed by atoms with Crippen molar-refractivity contribution in [1.29, 1.82) is 0 Å². The lowest BCUT2D eigenvalue weighted by atomic mass is 10.1. The monoisotopic (exact) mass is 326 g/mol. The van der Waals surface area contributed by atoms with Gasteiger partial charge in [0, 0.05) is 23.7 Å². The molecule has 2 aromatic carbocycles. The molecule has 0 heterocycles. The van der Waals surface area contributed by atoms with Gasteiger partial charge in [0.05, 0.1) is 21.7 Å². The van der Waals surface area contributed by atoms with E-state index in [1.165, 1.54) is 24.3 Å². The van der Waals surface area contributed by atoms with Crippen LogP contribution >= 0.6 is 23.2 Å². The number of aliphatic hydroxyl groups excluding tert-OH is 1. The molecule has 1 atom stereocenters. The molecular weight excluding hydrogens is 315 g/mol. The number of hydrogen-bond donors (Lipinski definition) is 2. The van der Waals surface area contributed by atoms with Gasteiger partial charge in [-0.2, -0.15) is 0 Å². The summed E-state index contributed by atoms with van der Waals surface area (Å²) in [4.78, 5) is 10.1. The van der Waals surface area contributed by atoms with Crippen LogP contribution in [-0.2, 0) is 0 Å². The number of nitrogens with one attached hydrogen (secondary N) is 1. The Balaban J connectivity index is 2.01. The predicted molar refractivity (Wildman–Crippen MR) is 83.0 cm³/mol. The van der Waals surface area contributed by atoms with E-state index in [0.29, 0.717) is 21.3 Å². The highest BCUT2D eigenvalue weighted by Gasteiger charge is 2.11. The Bertz CT molecular complexity index is 647. The van der Waals surface area contributed by atoms with E-state index in [9.17, 15) is 15.2 Å². The molecule has 0 radical (unpaired) electrons. The van der Waals surface area contributed by atoms with Crippen molar-refractivity contribution in [3.8, 4) is 0 Å². The summed E-state index contributed by atoms with van der Waals surface area (Å²) in [5.41, 5.74) is 1.22. The quantitative estimate of drug-likeness (QED) is 0.642. The second kappa shape index (κ2) is 6.76. The Morgan fingerprint density at radius 1 is 1.19 bits per heavy atom. The smallest absolute Gasteiger partial charge is 0.269 e. The van der Waals surface area contributed by atoms with Gasteiger partial charge in [-0.25, -0.2) is 0 Å². The summed E-state index contributed by atoms with van der Waals surface area (Å²) in [6.07, 6.45) is -0.808. The molecule has 0 fully saturated rings. The molecule has 0 aromatic heterocycles. The molecule has 0 aliphatic heterocycles. The third kappa shape index (κ3) is 4.07. The van der Waals surface area contributed by atoms with Crippen molar-refractivity contribution in [3.05, 3.63) is 68.2 Å². The number of anilines is 1. The van der Waals surface area contributed by atoms with Crippen LogP contribution in [0, 0.1) is 10.1 Å². The largest absolute Gasteiger partial charge is 0.387 e. The number of aliphatic hydroxyl groups is 1. The molecule has 21 heavy (non-hydrogen) atoms. The van der Waals surface area contributed by atoms with E-state index >= 15 is 0 Å². The molecular formula is C14H12Cl2N2O3. The summed E-state index contributed by atoms with van der Waals surface area (Å²) in [5, 5.41) is 24.6. The van der Waals surface area contributed by atoms with E-state index < -0.39 is 11.0 Å². The molecule has 110 valence electrons. The van der Waals surface area contributed by atoms with Crippen LogP contribution < -0.4 is 5.32 Å². The molecule has 0 aliphatic carbocycles. The molecule has 5 nitrogen and oxygen atoms in total. The van der Waals surface area contributed by atoms with Crippen LogP contribution in [0.1, 0.15) is 11.7 Å². The average molecular weight is 327 g/mol. The molecule has 0 spiro atoms. The van der Waals surface area contributed by atoms with E-state index in [1.54, 1.807) is 18.2 Å². The fourth-order valence-corrected chi connectivity index (χ4v) is 2.25. The zero-order chi connectivity index (χ0) is 15.4. The highest BCUT2D eigenvalue weighted by Crippen LogP contribution is 2.26. The first-order valence-corrected chi connectivity index (χ1v) is 6.84. The van der Waals surface area contributed by atoms with Crippen molar-refractivity contribution in [2.24, 2.45) is 0 Å². The summed E-state index contributed by atoms with van der Waals surface area (Å²) in [6.45, 7) is 0.221. The Labute approximate surface area is 131 Å². The second-order valence-electron chi connectivity index (χ2n) is 4.37. The fourth-order valence-electron chi connectivity index (χ4n) is 1.78. The molecule has 0 saturated carbocycles. The van der Waals surface area contributed by atoms with Crippen molar-refractivity contribution in [1.82, 2.24) is 0 Å². The number of halogens is 2. The van der Waals surface area contributed by atoms with E-state index in [-0.39, 0.29) is 12.2 Å². The second-order valence-corrected chi connectivity index (χ2v) is 5.21. The number of non-ortho nitro benzene ring substituents is 1. The molecule has 0 saturated heterocycles. The fraction of sp³-hybridized carbons (Fsp3) is 0.143. The van der Waals surface area contributed by atoms with Crippen LogP contribution in [0.5, 0.6) is 0 Å². The number of nitro groups is 1. The van der Waals surface area contributed by atoms with Crippen molar-refractivity contribution >= 4 is 34.6 Å². The van der Waals surface area contributed by atoms with Crippen molar-refractivity contribution in [3.63, 3.8) is 0 Å². The zero-order valence-corrected chi connectivity index (χ0v) is 12.3. The molecule has 7 heteroatoms. The Morgan fingerprint density at radius 3 is 2.43 bits per heavy atom. The molecule has 2 rings (SSSR count). The number of benzene rings is 2. The maximum Gasteiger partial charge on any atom is 0.269 e. The van der Waals surface area contributed by atoms with E-state index in [1.807, 2.05) is 0 Å². The molecule has 0 bridgehead atoms. The molecule has 2 N–H and O–H groups in total. The minimum absolute atomic E-state index is 0.0142. The SMILES string of the molecule is O=[N+]([O-])c1ccc(C(O)CNc2ccc(Cl)cc2Cl)cc1. The molecule has 0 amide bonds. The van der Waals surface area contributed by atoms with Crippen LogP contribution in [0.4, 0.5) is 11.4 Å². The highest BCUT2D eigenvalue weighted by atomic mass is 35.5. The van der Waals surface area contributed by atoms with Gasteiger partial charge in [0.1, 0.15) is 0 Å². The predicted octanol–water partition coefficient (Wildman–Crippen LogP) is 4.05. The number of rotatable bonds is 5. The van der Waals surface area contributed by atoms with Crippen molar-refractivity contribution in [2.75, 3.05) is 11.9 Å². The Hall–Kier alpha value is -1.82. The summed E-state index contributed by atoms with van der Waals surface area (Å²) in [6, 6.07) is 10.8. The van der Waals surface area contributed by atoms with Gasteiger partial charge in [-0.15, -0.1) is 0 Å². The highest BCUT2D eigenvalue weighted by molar-refractivity contribution is 6.36. The van der Waals surface area contributed by atoms with Gasteiger partial charge >= 0.3 is 0 Å². The first-order chi connectivity index (χ1) is 9.97. The molecule has 0 aliphatic rings. The van der Waals surface area contributed by atoms with E-state index in [4.69, 9.17) is 23.2 Å².